The van der Waals surface area contributed by atoms with Crippen molar-refractivity contribution >= 4 is 5.65 Å². The van der Waals surface area contributed by atoms with Crippen LogP contribution in [0.15, 0.2) is 42.7 Å². The van der Waals surface area contributed by atoms with Crippen molar-refractivity contribution in [2.75, 3.05) is 20.4 Å². The lowest BCUT2D eigenvalue weighted by Gasteiger charge is -2.10. The van der Waals surface area contributed by atoms with Crippen molar-refractivity contribution in [3.05, 3.63) is 48.3 Å². The third-order valence-corrected chi connectivity index (χ3v) is 3.39. The zero-order chi connectivity index (χ0) is 15.5. The summed E-state index contributed by atoms with van der Waals surface area (Å²) in [7, 11) is 1.56. The van der Waals surface area contributed by atoms with E-state index >= 15 is 0 Å². The van der Waals surface area contributed by atoms with Crippen molar-refractivity contribution in [3.8, 4) is 22.8 Å². The fourth-order valence-electron chi connectivity index (χ4n) is 2.34. The summed E-state index contributed by atoms with van der Waals surface area (Å²) in [5, 5.41) is 0. The molecular weight excluding hydrogens is 283 g/mol. The van der Waals surface area contributed by atoms with Crippen LogP contribution in [-0.4, -0.2) is 29.8 Å². The number of rotatable bonds is 5. The number of benzene rings is 1. The van der Waals surface area contributed by atoms with Crippen LogP contribution in [0.3, 0.4) is 0 Å². The topological polar surface area (TPSA) is 35.8 Å². The largest absolute Gasteiger partial charge is 0.493 e. The number of aromatic nitrogens is 2. The van der Waals surface area contributed by atoms with Crippen LogP contribution in [0.1, 0.15) is 5.56 Å². The maximum atomic E-state index is 12.2. The fraction of sp³-hybridized carbons (Fsp3) is 0.235. The number of hydrogen-bond acceptors (Lipinski definition) is 3. The molecule has 0 unspecified atom stereocenters. The van der Waals surface area contributed by atoms with Crippen LogP contribution in [-0.2, 0) is 0 Å². The van der Waals surface area contributed by atoms with E-state index < -0.39 is 6.67 Å². The number of nitrogens with zero attached hydrogens (tertiary/aromatic N) is 2. The van der Waals surface area contributed by atoms with Crippen LogP contribution in [0.2, 0.25) is 0 Å². The molecule has 0 spiro atoms. The van der Waals surface area contributed by atoms with Gasteiger partial charge >= 0.3 is 0 Å². The van der Waals surface area contributed by atoms with E-state index in [-0.39, 0.29) is 6.61 Å². The van der Waals surface area contributed by atoms with Crippen LogP contribution in [0.25, 0.3) is 16.9 Å². The predicted molar refractivity (Wildman–Crippen MR) is 83.4 cm³/mol. The van der Waals surface area contributed by atoms with Crippen molar-refractivity contribution in [2.45, 2.75) is 6.92 Å². The lowest BCUT2D eigenvalue weighted by Crippen LogP contribution is -2.00. The van der Waals surface area contributed by atoms with Gasteiger partial charge in [-0.05, 0) is 36.8 Å². The summed E-state index contributed by atoms with van der Waals surface area (Å²) < 4.78 is 24.9. The summed E-state index contributed by atoms with van der Waals surface area (Å²) in [5.74, 6) is 1.10. The minimum Gasteiger partial charge on any atom is -0.493 e. The van der Waals surface area contributed by atoms with Gasteiger partial charge in [-0.25, -0.2) is 9.37 Å². The average molecular weight is 300 g/mol. The molecule has 0 aliphatic rings. The number of pyridine rings is 1. The Bertz CT molecular complexity index is 798. The highest BCUT2D eigenvalue weighted by Gasteiger charge is 2.10. The Morgan fingerprint density at radius 3 is 2.77 bits per heavy atom. The van der Waals surface area contributed by atoms with E-state index in [1.807, 2.05) is 48.0 Å². The fourth-order valence-corrected chi connectivity index (χ4v) is 2.34. The summed E-state index contributed by atoms with van der Waals surface area (Å²) in [4.78, 5) is 4.60. The lowest BCUT2D eigenvalue weighted by molar-refractivity contribution is 0.260. The molecule has 0 amide bonds. The van der Waals surface area contributed by atoms with E-state index in [1.165, 1.54) is 5.56 Å². The first-order chi connectivity index (χ1) is 10.7. The van der Waals surface area contributed by atoms with Gasteiger partial charge in [0.25, 0.3) is 0 Å². The van der Waals surface area contributed by atoms with Gasteiger partial charge in [0.2, 0.25) is 0 Å². The smallest absolute Gasteiger partial charge is 0.161 e. The summed E-state index contributed by atoms with van der Waals surface area (Å²) in [6.07, 6.45) is 4.00. The lowest BCUT2D eigenvalue weighted by atomic mass is 10.1. The number of imidazole rings is 1. The Morgan fingerprint density at radius 1 is 1.14 bits per heavy atom. The standard InChI is InChI=1S/C17H17FN2O2/c1-12-3-6-17-19-14(11-20(17)10-12)13-4-5-15(22-8-7-18)16(9-13)21-2/h3-6,9-11H,7-8H2,1-2H3. The molecule has 0 aliphatic carbocycles. The molecule has 0 fully saturated rings. The number of alkyl halides is 1. The molecule has 0 saturated heterocycles. The van der Waals surface area contributed by atoms with Crippen LogP contribution >= 0.6 is 0 Å². The van der Waals surface area contributed by atoms with Gasteiger partial charge in [-0.1, -0.05) is 6.07 Å². The van der Waals surface area contributed by atoms with E-state index in [2.05, 4.69) is 4.98 Å². The van der Waals surface area contributed by atoms with Crippen LogP contribution < -0.4 is 9.47 Å². The Kier molecular flexibility index (Phi) is 3.96. The Hall–Kier alpha value is -2.56. The first-order valence-corrected chi connectivity index (χ1v) is 7.04. The number of ether oxygens (including phenoxy) is 2. The second kappa shape index (κ2) is 6.05. The summed E-state index contributed by atoms with van der Waals surface area (Å²) in [5.41, 5.74) is 3.83. The van der Waals surface area contributed by atoms with E-state index in [4.69, 9.17) is 9.47 Å². The second-order valence-electron chi connectivity index (χ2n) is 5.00. The maximum Gasteiger partial charge on any atom is 0.161 e. The molecule has 0 saturated carbocycles. The molecule has 4 nitrogen and oxygen atoms in total. The molecule has 0 N–H and O–H groups in total. The molecule has 3 aromatic rings. The van der Waals surface area contributed by atoms with Crippen LogP contribution in [0, 0.1) is 6.92 Å². The van der Waals surface area contributed by atoms with Crippen molar-refractivity contribution in [1.29, 1.82) is 0 Å². The molecule has 0 atom stereocenters. The number of aryl methyl sites for hydroxylation is 1. The molecule has 114 valence electrons. The number of hydrogen-bond donors (Lipinski definition) is 0. The quantitative estimate of drug-likeness (QED) is 0.721. The third kappa shape index (κ3) is 2.74. The second-order valence-corrected chi connectivity index (χ2v) is 5.00. The van der Waals surface area contributed by atoms with Crippen molar-refractivity contribution < 1.29 is 13.9 Å². The van der Waals surface area contributed by atoms with Crippen LogP contribution in [0.5, 0.6) is 11.5 Å². The van der Waals surface area contributed by atoms with Gasteiger partial charge in [-0.15, -0.1) is 0 Å². The first-order valence-electron chi connectivity index (χ1n) is 7.04. The van der Waals surface area contributed by atoms with Gasteiger partial charge in [0.1, 0.15) is 18.9 Å². The summed E-state index contributed by atoms with van der Waals surface area (Å²) >= 11 is 0. The molecule has 3 rings (SSSR count). The summed E-state index contributed by atoms with van der Waals surface area (Å²) in [6.45, 7) is 1.53. The first kappa shape index (κ1) is 14.4. The minimum absolute atomic E-state index is 0.0172. The van der Waals surface area contributed by atoms with Crippen molar-refractivity contribution in [3.63, 3.8) is 0 Å². The number of fused-ring (bicyclic) bond motifs is 1. The van der Waals surface area contributed by atoms with Gasteiger partial charge in [0, 0.05) is 18.0 Å². The molecular formula is C17H17FN2O2. The highest BCUT2D eigenvalue weighted by molar-refractivity contribution is 5.66. The van der Waals surface area contributed by atoms with Crippen molar-refractivity contribution in [2.24, 2.45) is 0 Å². The number of halogens is 1. The Balaban J connectivity index is 1.99. The summed E-state index contributed by atoms with van der Waals surface area (Å²) in [6, 6.07) is 9.53. The normalized spacial score (nSPS) is 10.9. The Labute approximate surface area is 128 Å². The predicted octanol–water partition coefficient (Wildman–Crippen LogP) is 3.67. The van der Waals surface area contributed by atoms with Gasteiger partial charge in [-0.3, -0.25) is 0 Å². The van der Waals surface area contributed by atoms with E-state index in [0.29, 0.717) is 11.5 Å². The van der Waals surface area contributed by atoms with Gasteiger partial charge < -0.3 is 13.9 Å². The molecule has 0 bridgehead atoms. The molecule has 2 aromatic heterocycles. The highest BCUT2D eigenvalue weighted by atomic mass is 19.1. The van der Waals surface area contributed by atoms with E-state index in [0.717, 1.165) is 16.9 Å². The molecule has 1 aromatic carbocycles. The third-order valence-electron chi connectivity index (χ3n) is 3.39. The van der Waals surface area contributed by atoms with Gasteiger partial charge in [-0.2, -0.15) is 0 Å². The monoisotopic (exact) mass is 300 g/mol. The van der Waals surface area contributed by atoms with Gasteiger partial charge in [0.15, 0.2) is 11.5 Å². The number of methoxy groups -OCH3 is 1. The maximum absolute atomic E-state index is 12.2. The Morgan fingerprint density at radius 2 is 2.00 bits per heavy atom. The zero-order valence-corrected chi connectivity index (χ0v) is 12.5. The zero-order valence-electron chi connectivity index (χ0n) is 12.5. The van der Waals surface area contributed by atoms with Gasteiger partial charge in [0.05, 0.1) is 12.8 Å². The minimum atomic E-state index is -0.531. The average Bonchev–Trinajstić information content (AvgIpc) is 2.95. The molecule has 22 heavy (non-hydrogen) atoms. The molecule has 0 radical (unpaired) electrons. The SMILES string of the molecule is COc1cc(-c2cn3cc(C)ccc3n2)ccc1OCCF. The molecule has 0 aliphatic heterocycles. The highest BCUT2D eigenvalue weighted by Crippen LogP contribution is 2.32. The van der Waals surface area contributed by atoms with Crippen molar-refractivity contribution in [1.82, 2.24) is 9.38 Å². The van der Waals surface area contributed by atoms with E-state index in [1.54, 1.807) is 13.2 Å². The molecule has 5 heteroatoms. The van der Waals surface area contributed by atoms with Crippen LogP contribution in [0.4, 0.5) is 4.39 Å². The van der Waals surface area contributed by atoms with E-state index in [9.17, 15) is 4.39 Å². The molecule has 2 heterocycles.